The number of rotatable bonds is 2. The van der Waals surface area contributed by atoms with E-state index in [2.05, 4.69) is 24.1 Å². The molecule has 3 nitrogen and oxygen atoms in total. The second kappa shape index (κ2) is 3.89. The third kappa shape index (κ3) is 1.92. The summed E-state index contributed by atoms with van der Waals surface area (Å²) in [5.41, 5.74) is 0. The molecule has 2 fully saturated rings. The molecule has 2 aliphatic heterocycles. The molecule has 0 aromatic rings. The second-order valence-corrected chi connectivity index (χ2v) is 5.08. The monoisotopic (exact) mass is 196 g/mol. The molecule has 0 saturated carbocycles. The summed E-state index contributed by atoms with van der Waals surface area (Å²) < 4.78 is 0. The Bertz CT molecular complexity index is 215. The van der Waals surface area contributed by atoms with Crippen LogP contribution in [0.1, 0.15) is 20.3 Å². The summed E-state index contributed by atoms with van der Waals surface area (Å²) in [5.74, 6) is 2.30. The van der Waals surface area contributed by atoms with Crippen molar-refractivity contribution in [1.29, 1.82) is 0 Å². The first-order chi connectivity index (χ1) is 6.66. The van der Waals surface area contributed by atoms with Crippen LogP contribution in [0.25, 0.3) is 0 Å². The fourth-order valence-corrected chi connectivity index (χ4v) is 2.54. The van der Waals surface area contributed by atoms with Crippen LogP contribution in [-0.2, 0) is 4.79 Å². The molecule has 0 aromatic carbocycles. The van der Waals surface area contributed by atoms with Crippen LogP contribution in [0.2, 0.25) is 0 Å². The summed E-state index contributed by atoms with van der Waals surface area (Å²) in [6.45, 7) is 8.41. The van der Waals surface area contributed by atoms with Crippen LogP contribution < -0.4 is 5.32 Å². The van der Waals surface area contributed by atoms with Crippen molar-refractivity contribution in [3.8, 4) is 0 Å². The number of nitrogens with one attached hydrogen (secondary N) is 1. The van der Waals surface area contributed by atoms with Gasteiger partial charge in [0.25, 0.3) is 0 Å². The van der Waals surface area contributed by atoms with Gasteiger partial charge in [0.15, 0.2) is 0 Å². The third-order valence-corrected chi connectivity index (χ3v) is 3.33. The average Bonchev–Trinajstić information content (AvgIpc) is 2.58. The average molecular weight is 196 g/mol. The van der Waals surface area contributed by atoms with E-state index in [1.807, 2.05) is 0 Å². The number of carbonyl (C=O) groups excluding carboxylic acids is 1. The Balaban J connectivity index is 1.86. The highest BCUT2D eigenvalue weighted by atomic mass is 16.2. The molecule has 80 valence electrons. The number of carbonyl (C=O) groups is 1. The Kier molecular flexibility index (Phi) is 2.77. The Morgan fingerprint density at radius 3 is 2.43 bits per heavy atom. The van der Waals surface area contributed by atoms with Crippen molar-refractivity contribution >= 4 is 5.91 Å². The standard InChI is InChI=1S/C11H20N2O/c1-8(2)3-11(14)13-6-9-4-12-5-10(9)7-13/h8-10,12H,3-7H2,1-2H3. The molecule has 2 unspecified atom stereocenters. The molecule has 0 aromatic heterocycles. The number of amides is 1. The molecule has 2 rings (SSSR count). The van der Waals surface area contributed by atoms with Crippen LogP contribution in [-0.4, -0.2) is 37.0 Å². The van der Waals surface area contributed by atoms with Crippen LogP contribution in [0.4, 0.5) is 0 Å². The van der Waals surface area contributed by atoms with Gasteiger partial charge in [-0.05, 0) is 17.8 Å². The lowest BCUT2D eigenvalue weighted by Gasteiger charge is -2.18. The van der Waals surface area contributed by atoms with E-state index in [-0.39, 0.29) is 0 Å². The zero-order valence-corrected chi connectivity index (χ0v) is 9.12. The van der Waals surface area contributed by atoms with Gasteiger partial charge in [-0.1, -0.05) is 13.8 Å². The van der Waals surface area contributed by atoms with Crippen molar-refractivity contribution in [3.63, 3.8) is 0 Å². The van der Waals surface area contributed by atoms with Gasteiger partial charge in [-0.15, -0.1) is 0 Å². The van der Waals surface area contributed by atoms with Crippen molar-refractivity contribution in [1.82, 2.24) is 10.2 Å². The maximum Gasteiger partial charge on any atom is 0.222 e. The summed E-state index contributed by atoms with van der Waals surface area (Å²) >= 11 is 0. The minimum absolute atomic E-state index is 0.356. The third-order valence-electron chi connectivity index (χ3n) is 3.33. The Hall–Kier alpha value is -0.570. The van der Waals surface area contributed by atoms with Gasteiger partial charge in [0.2, 0.25) is 5.91 Å². The van der Waals surface area contributed by atoms with E-state index in [4.69, 9.17) is 0 Å². The minimum Gasteiger partial charge on any atom is -0.342 e. The van der Waals surface area contributed by atoms with E-state index in [0.29, 0.717) is 18.2 Å². The van der Waals surface area contributed by atoms with E-state index < -0.39 is 0 Å². The van der Waals surface area contributed by atoms with Crippen LogP contribution in [0.5, 0.6) is 0 Å². The molecular formula is C11H20N2O. The quantitative estimate of drug-likeness (QED) is 0.705. The predicted molar refractivity (Wildman–Crippen MR) is 55.9 cm³/mol. The maximum absolute atomic E-state index is 11.8. The SMILES string of the molecule is CC(C)CC(=O)N1CC2CNCC2C1. The Morgan fingerprint density at radius 2 is 1.93 bits per heavy atom. The molecule has 2 heterocycles. The lowest BCUT2D eigenvalue weighted by atomic mass is 10.0. The number of hydrogen-bond acceptors (Lipinski definition) is 2. The highest BCUT2D eigenvalue weighted by molar-refractivity contribution is 5.76. The molecule has 0 aliphatic carbocycles. The molecule has 2 atom stereocenters. The highest BCUT2D eigenvalue weighted by Crippen LogP contribution is 2.26. The smallest absolute Gasteiger partial charge is 0.222 e. The number of hydrogen-bond donors (Lipinski definition) is 1. The molecule has 1 N–H and O–H groups in total. The van der Waals surface area contributed by atoms with Gasteiger partial charge in [-0.25, -0.2) is 0 Å². The first kappa shape index (κ1) is 9.97. The Labute approximate surface area is 85.8 Å². The molecule has 2 saturated heterocycles. The fraction of sp³-hybridized carbons (Fsp3) is 0.909. The fourth-order valence-electron chi connectivity index (χ4n) is 2.54. The van der Waals surface area contributed by atoms with Gasteiger partial charge in [-0.2, -0.15) is 0 Å². The minimum atomic E-state index is 0.356. The predicted octanol–water partition coefficient (Wildman–Crippen LogP) is 0.710. The van der Waals surface area contributed by atoms with Gasteiger partial charge in [0.1, 0.15) is 0 Å². The molecule has 0 spiro atoms. The summed E-state index contributed by atoms with van der Waals surface area (Å²) in [6.07, 6.45) is 0.715. The summed E-state index contributed by atoms with van der Waals surface area (Å²) in [4.78, 5) is 13.9. The van der Waals surface area contributed by atoms with Gasteiger partial charge >= 0.3 is 0 Å². The second-order valence-electron chi connectivity index (χ2n) is 5.08. The molecule has 0 radical (unpaired) electrons. The molecule has 0 bridgehead atoms. The highest BCUT2D eigenvalue weighted by Gasteiger charge is 2.37. The lowest BCUT2D eigenvalue weighted by molar-refractivity contribution is -0.131. The number of nitrogens with zero attached hydrogens (tertiary/aromatic N) is 1. The van der Waals surface area contributed by atoms with E-state index in [0.717, 1.165) is 38.0 Å². The molecule has 3 heteroatoms. The number of likely N-dealkylation sites (tertiary alicyclic amines) is 1. The van der Waals surface area contributed by atoms with Gasteiger partial charge in [0, 0.05) is 32.6 Å². The van der Waals surface area contributed by atoms with E-state index in [1.54, 1.807) is 0 Å². The molecule has 2 aliphatic rings. The van der Waals surface area contributed by atoms with Gasteiger partial charge < -0.3 is 10.2 Å². The van der Waals surface area contributed by atoms with E-state index in [1.165, 1.54) is 0 Å². The molecule has 1 amide bonds. The van der Waals surface area contributed by atoms with E-state index >= 15 is 0 Å². The van der Waals surface area contributed by atoms with Crippen LogP contribution in [0, 0.1) is 17.8 Å². The van der Waals surface area contributed by atoms with Crippen LogP contribution in [0.15, 0.2) is 0 Å². The van der Waals surface area contributed by atoms with Crippen LogP contribution in [0.3, 0.4) is 0 Å². The number of fused-ring (bicyclic) bond motifs is 1. The van der Waals surface area contributed by atoms with E-state index in [9.17, 15) is 4.79 Å². The van der Waals surface area contributed by atoms with Crippen molar-refractivity contribution < 1.29 is 4.79 Å². The zero-order chi connectivity index (χ0) is 10.1. The molecule has 14 heavy (non-hydrogen) atoms. The van der Waals surface area contributed by atoms with Gasteiger partial charge in [0.05, 0.1) is 0 Å². The maximum atomic E-state index is 11.8. The van der Waals surface area contributed by atoms with Crippen LogP contribution >= 0.6 is 0 Å². The lowest BCUT2D eigenvalue weighted by Crippen LogP contribution is -2.32. The Morgan fingerprint density at radius 1 is 1.36 bits per heavy atom. The summed E-state index contributed by atoms with van der Waals surface area (Å²) in [7, 11) is 0. The van der Waals surface area contributed by atoms with Crippen molar-refractivity contribution in [3.05, 3.63) is 0 Å². The first-order valence-electron chi connectivity index (χ1n) is 5.65. The first-order valence-corrected chi connectivity index (χ1v) is 5.65. The van der Waals surface area contributed by atoms with Crippen molar-refractivity contribution in [2.45, 2.75) is 20.3 Å². The zero-order valence-electron chi connectivity index (χ0n) is 9.12. The van der Waals surface area contributed by atoms with Crippen molar-refractivity contribution in [2.75, 3.05) is 26.2 Å². The van der Waals surface area contributed by atoms with Crippen molar-refractivity contribution in [2.24, 2.45) is 17.8 Å². The van der Waals surface area contributed by atoms with Gasteiger partial charge in [-0.3, -0.25) is 4.79 Å². The molecular weight excluding hydrogens is 176 g/mol. The summed E-state index contributed by atoms with van der Waals surface area (Å²) in [6, 6.07) is 0. The topological polar surface area (TPSA) is 32.3 Å². The largest absolute Gasteiger partial charge is 0.342 e. The normalized spacial score (nSPS) is 31.2. The summed E-state index contributed by atoms with van der Waals surface area (Å²) in [5, 5.41) is 3.39.